The summed E-state index contributed by atoms with van der Waals surface area (Å²) in [6, 6.07) is 11.8. The molecule has 2 aromatic heterocycles. The predicted molar refractivity (Wildman–Crippen MR) is 95.8 cm³/mol. The van der Waals surface area contributed by atoms with E-state index in [1.807, 2.05) is 55.1 Å². The van der Waals surface area contributed by atoms with Gasteiger partial charge in [0.25, 0.3) is 0 Å². The summed E-state index contributed by atoms with van der Waals surface area (Å²) < 4.78 is 0. The van der Waals surface area contributed by atoms with Gasteiger partial charge >= 0.3 is 0 Å². The number of nitrogens with zero attached hydrogens (tertiary/aromatic N) is 3. The van der Waals surface area contributed by atoms with Gasteiger partial charge in [0.1, 0.15) is 0 Å². The number of carbonyl (C=O) groups excluding carboxylic acids is 1. The lowest BCUT2D eigenvalue weighted by Gasteiger charge is -2.32. The highest BCUT2D eigenvalue weighted by atomic mass is 35.5. The van der Waals surface area contributed by atoms with Crippen LogP contribution in [0.2, 0.25) is 0 Å². The summed E-state index contributed by atoms with van der Waals surface area (Å²) in [7, 11) is 0. The quantitative estimate of drug-likeness (QED) is 0.902. The van der Waals surface area contributed by atoms with Crippen LogP contribution < -0.4 is 5.32 Å². The number of rotatable bonds is 5. The Bertz CT molecular complexity index is 655. The first-order valence-corrected chi connectivity index (χ1v) is 7.96. The van der Waals surface area contributed by atoms with Crippen molar-refractivity contribution in [2.24, 2.45) is 5.92 Å². The molecule has 3 heterocycles. The maximum Gasteiger partial charge on any atom is 0.228 e. The Morgan fingerprint density at radius 2 is 1.54 bits per heavy atom. The van der Waals surface area contributed by atoms with Gasteiger partial charge in [-0.15, -0.1) is 12.4 Å². The average molecular weight is 347 g/mol. The maximum atomic E-state index is 12.7. The molecule has 1 aliphatic rings. The highest BCUT2D eigenvalue weighted by Crippen LogP contribution is 2.15. The second-order valence-corrected chi connectivity index (χ2v) is 6.09. The van der Waals surface area contributed by atoms with Crippen molar-refractivity contribution in [3.8, 4) is 0 Å². The Morgan fingerprint density at radius 1 is 1.04 bits per heavy atom. The van der Waals surface area contributed by atoms with Crippen LogP contribution in [-0.4, -0.2) is 33.9 Å². The summed E-state index contributed by atoms with van der Waals surface area (Å²) in [4.78, 5) is 23.7. The molecular formula is C18H23ClN4O. The standard InChI is InChI=1S/C18H22N4O.ClH/c1-13-5-3-7-16(20-13)11-22(18(23)15-9-19-10-15)12-17-8-4-6-14(2)21-17;/h3-8,15,19H,9-12H2,1-2H3;1H. The van der Waals surface area contributed by atoms with Crippen LogP contribution in [0.1, 0.15) is 22.8 Å². The van der Waals surface area contributed by atoms with Crippen molar-refractivity contribution in [1.82, 2.24) is 20.2 Å². The van der Waals surface area contributed by atoms with Crippen LogP contribution in [0.5, 0.6) is 0 Å². The number of carbonyl (C=O) groups is 1. The predicted octanol–water partition coefficient (Wildman–Crippen LogP) is 2.26. The third kappa shape index (κ3) is 4.52. The van der Waals surface area contributed by atoms with E-state index in [9.17, 15) is 4.79 Å². The lowest BCUT2D eigenvalue weighted by Crippen LogP contribution is -2.51. The SMILES string of the molecule is Cc1cccc(CN(Cc2cccc(C)n2)C(=O)C2CNC2)n1.Cl. The minimum Gasteiger partial charge on any atom is -0.331 e. The van der Waals surface area contributed by atoms with Crippen molar-refractivity contribution in [1.29, 1.82) is 0 Å². The van der Waals surface area contributed by atoms with E-state index >= 15 is 0 Å². The number of aryl methyl sites for hydroxylation is 2. The van der Waals surface area contributed by atoms with Crippen molar-refractivity contribution in [3.63, 3.8) is 0 Å². The van der Waals surface area contributed by atoms with Crippen molar-refractivity contribution in [2.45, 2.75) is 26.9 Å². The average Bonchev–Trinajstić information content (AvgIpc) is 2.45. The van der Waals surface area contributed by atoms with Gasteiger partial charge in [0.15, 0.2) is 0 Å². The molecule has 0 spiro atoms. The molecule has 6 heteroatoms. The fourth-order valence-electron chi connectivity index (χ4n) is 2.70. The highest BCUT2D eigenvalue weighted by molar-refractivity contribution is 5.85. The monoisotopic (exact) mass is 346 g/mol. The number of amides is 1. The van der Waals surface area contributed by atoms with Gasteiger partial charge in [-0.05, 0) is 38.1 Å². The molecule has 1 saturated heterocycles. The van der Waals surface area contributed by atoms with E-state index in [0.717, 1.165) is 35.9 Å². The third-order valence-electron chi connectivity index (χ3n) is 4.04. The molecule has 1 fully saturated rings. The van der Waals surface area contributed by atoms with Crippen LogP contribution in [0.25, 0.3) is 0 Å². The lowest BCUT2D eigenvalue weighted by atomic mass is 10.0. The summed E-state index contributed by atoms with van der Waals surface area (Å²) in [6.07, 6.45) is 0. The summed E-state index contributed by atoms with van der Waals surface area (Å²) in [5, 5.41) is 3.16. The molecule has 128 valence electrons. The molecule has 0 bridgehead atoms. The second-order valence-electron chi connectivity index (χ2n) is 6.09. The van der Waals surface area contributed by atoms with Gasteiger partial charge in [0, 0.05) is 24.5 Å². The number of aromatic nitrogens is 2. The summed E-state index contributed by atoms with van der Waals surface area (Å²) in [6.45, 7) is 6.50. The molecule has 2 aromatic rings. The van der Waals surface area contributed by atoms with E-state index in [2.05, 4.69) is 15.3 Å². The van der Waals surface area contributed by atoms with Crippen LogP contribution in [0.15, 0.2) is 36.4 Å². The van der Waals surface area contributed by atoms with E-state index in [1.165, 1.54) is 0 Å². The minimum absolute atomic E-state index is 0. The molecular weight excluding hydrogens is 324 g/mol. The van der Waals surface area contributed by atoms with Gasteiger partial charge in [-0.1, -0.05) is 12.1 Å². The van der Waals surface area contributed by atoms with Gasteiger partial charge in [-0.25, -0.2) is 0 Å². The lowest BCUT2D eigenvalue weighted by molar-refractivity contribution is -0.138. The Labute approximate surface area is 148 Å². The highest BCUT2D eigenvalue weighted by Gasteiger charge is 2.29. The van der Waals surface area contributed by atoms with Crippen molar-refractivity contribution in [2.75, 3.05) is 13.1 Å². The first-order valence-electron chi connectivity index (χ1n) is 7.96. The van der Waals surface area contributed by atoms with E-state index < -0.39 is 0 Å². The zero-order valence-electron chi connectivity index (χ0n) is 14.0. The molecule has 0 atom stereocenters. The van der Waals surface area contributed by atoms with Crippen molar-refractivity contribution >= 4 is 18.3 Å². The number of halogens is 1. The molecule has 1 N–H and O–H groups in total. The molecule has 0 unspecified atom stereocenters. The van der Waals surface area contributed by atoms with Gasteiger partial charge in [0.05, 0.1) is 30.4 Å². The number of hydrogen-bond donors (Lipinski definition) is 1. The maximum absolute atomic E-state index is 12.7. The molecule has 3 rings (SSSR count). The topological polar surface area (TPSA) is 58.1 Å². The summed E-state index contributed by atoms with van der Waals surface area (Å²) in [5.41, 5.74) is 3.76. The van der Waals surface area contributed by atoms with Gasteiger partial charge in [-0.2, -0.15) is 0 Å². The van der Waals surface area contributed by atoms with Crippen LogP contribution in [0.3, 0.4) is 0 Å². The molecule has 1 aliphatic heterocycles. The van der Waals surface area contributed by atoms with Gasteiger partial charge in [-0.3, -0.25) is 14.8 Å². The first-order chi connectivity index (χ1) is 11.1. The first kappa shape index (κ1) is 18.4. The van der Waals surface area contributed by atoms with Crippen LogP contribution in [0.4, 0.5) is 0 Å². The third-order valence-corrected chi connectivity index (χ3v) is 4.04. The van der Waals surface area contributed by atoms with E-state index in [4.69, 9.17) is 0 Å². The molecule has 0 aliphatic carbocycles. The Morgan fingerprint density at radius 3 is 1.92 bits per heavy atom. The Balaban J connectivity index is 0.00000208. The van der Waals surface area contributed by atoms with E-state index in [1.54, 1.807) is 0 Å². The fraction of sp³-hybridized carbons (Fsp3) is 0.389. The smallest absolute Gasteiger partial charge is 0.228 e. The molecule has 0 saturated carbocycles. The molecule has 0 aromatic carbocycles. The fourth-order valence-corrected chi connectivity index (χ4v) is 2.70. The van der Waals surface area contributed by atoms with Crippen molar-refractivity contribution in [3.05, 3.63) is 59.2 Å². The van der Waals surface area contributed by atoms with Crippen LogP contribution in [0, 0.1) is 19.8 Å². The summed E-state index contributed by atoms with van der Waals surface area (Å²) in [5.74, 6) is 0.250. The molecule has 5 nitrogen and oxygen atoms in total. The summed E-state index contributed by atoms with van der Waals surface area (Å²) >= 11 is 0. The zero-order valence-corrected chi connectivity index (χ0v) is 14.8. The largest absolute Gasteiger partial charge is 0.331 e. The van der Waals surface area contributed by atoms with Crippen LogP contribution in [-0.2, 0) is 17.9 Å². The molecule has 0 radical (unpaired) electrons. The number of pyridine rings is 2. The Kier molecular flexibility index (Phi) is 6.29. The van der Waals surface area contributed by atoms with Gasteiger partial charge < -0.3 is 10.2 Å². The van der Waals surface area contributed by atoms with Gasteiger partial charge in [0.2, 0.25) is 5.91 Å². The van der Waals surface area contributed by atoms with Crippen molar-refractivity contribution < 1.29 is 4.79 Å². The normalized spacial score (nSPS) is 13.8. The molecule has 1 amide bonds. The van der Waals surface area contributed by atoms with Crippen LogP contribution >= 0.6 is 12.4 Å². The molecule has 24 heavy (non-hydrogen) atoms. The Hall–Kier alpha value is -1.98. The zero-order chi connectivity index (χ0) is 16.2. The number of nitrogens with one attached hydrogen (secondary N) is 1. The van der Waals surface area contributed by atoms with E-state index in [0.29, 0.717) is 13.1 Å². The minimum atomic E-state index is 0. The van der Waals surface area contributed by atoms with E-state index in [-0.39, 0.29) is 24.2 Å². The second kappa shape index (κ2) is 8.22. The number of hydrogen-bond acceptors (Lipinski definition) is 4.